The van der Waals surface area contributed by atoms with Crippen molar-refractivity contribution in [1.29, 1.82) is 0 Å². The van der Waals surface area contributed by atoms with Gasteiger partial charge >= 0.3 is 0 Å². The van der Waals surface area contributed by atoms with Crippen LogP contribution in [-0.2, 0) is 0 Å². The second kappa shape index (κ2) is 10.0. The first-order chi connectivity index (χ1) is 15.1. The van der Waals surface area contributed by atoms with Gasteiger partial charge in [0.1, 0.15) is 0 Å². The molecule has 3 heteroatoms. The fraction of sp³-hybridized carbons (Fsp3) is 0.500. The Bertz CT molecular complexity index is 843. The highest BCUT2D eigenvalue weighted by Gasteiger charge is 2.48. The molecular formula is C28H38N2O. The van der Waals surface area contributed by atoms with E-state index < -0.39 is 5.60 Å². The highest BCUT2D eigenvalue weighted by molar-refractivity contribution is 5.49. The first kappa shape index (κ1) is 22.1. The standard InChI is InChI=1S/C28H38N2O/c1-3-29(4-2)25-17-15-24(16-18-25)27-26-14-8-9-19-28(26,31)20-22-30(27)21-10-13-23-11-6-5-7-12-23/h5-7,10-13,15-18,26-27,31H,3-4,8-9,14,19-22H2,1-2H3/b13-10+/t26-,27+,28-/m1/s1. The van der Waals surface area contributed by atoms with Crippen LogP contribution < -0.4 is 4.90 Å². The predicted octanol–water partition coefficient (Wildman–Crippen LogP) is 5.91. The molecule has 2 aromatic rings. The Kier molecular flexibility index (Phi) is 7.14. The zero-order valence-corrected chi connectivity index (χ0v) is 19.2. The quantitative estimate of drug-likeness (QED) is 0.605. The third-order valence-corrected chi connectivity index (χ3v) is 7.48. The molecule has 1 N–H and O–H groups in total. The van der Waals surface area contributed by atoms with Crippen molar-refractivity contribution in [2.45, 2.75) is 57.6 Å². The van der Waals surface area contributed by atoms with Crippen molar-refractivity contribution >= 4 is 11.8 Å². The van der Waals surface area contributed by atoms with Crippen LogP contribution in [0.5, 0.6) is 0 Å². The van der Waals surface area contributed by atoms with Gasteiger partial charge in [0.15, 0.2) is 0 Å². The fourth-order valence-corrected chi connectivity index (χ4v) is 5.75. The minimum atomic E-state index is -0.500. The number of nitrogens with zero attached hydrogens (tertiary/aromatic N) is 2. The Balaban J connectivity index is 1.59. The molecule has 31 heavy (non-hydrogen) atoms. The van der Waals surface area contributed by atoms with Gasteiger partial charge < -0.3 is 10.0 Å². The Morgan fingerprint density at radius 3 is 2.45 bits per heavy atom. The molecule has 3 atom stereocenters. The van der Waals surface area contributed by atoms with Crippen LogP contribution >= 0.6 is 0 Å². The van der Waals surface area contributed by atoms with Gasteiger partial charge in [-0.25, -0.2) is 0 Å². The lowest BCUT2D eigenvalue weighted by atomic mass is 9.66. The monoisotopic (exact) mass is 418 g/mol. The minimum absolute atomic E-state index is 0.283. The van der Waals surface area contributed by atoms with Crippen LogP contribution in [0.4, 0.5) is 5.69 Å². The lowest BCUT2D eigenvalue weighted by Crippen LogP contribution is -2.54. The summed E-state index contributed by atoms with van der Waals surface area (Å²) in [7, 11) is 0. The van der Waals surface area contributed by atoms with Crippen LogP contribution in [0.25, 0.3) is 6.08 Å². The van der Waals surface area contributed by atoms with Crippen molar-refractivity contribution in [1.82, 2.24) is 4.90 Å². The fourth-order valence-electron chi connectivity index (χ4n) is 5.75. The van der Waals surface area contributed by atoms with E-state index in [1.54, 1.807) is 0 Å². The Labute approximate surface area is 188 Å². The van der Waals surface area contributed by atoms with Crippen LogP contribution in [0.2, 0.25) is 0 Å². The molecule has 0 radical (unpaired) electrons. The zero-order valence-electron chi connectivity index (χ0n) is 19.2. The largest absolute Gasteiger partial charge is 0.389 e. The second-order valence-electron chi connectivity index (χ2n) is 9.22. The smallest absolute Gasteiger partial charge is 0.0706 e. The van der Waals surface area contributed by atoms with E-state index in [9.17, 15) is 5.11 Å². The van der Waals surface area contributed by atoms with Crippen LogP contribution in [0, 0.1) is 5.92 Å². The maximum atomic E-state index is 11.5. The number of benzene rings is 2. The summed E-state index contributed by atoms with van der Waals surface area (Å²) in [5, 5.41) is 11.5. The molecule has 166 valence electrons. The molecule has 2 fully saturated rings. The van der Waals surface area contributed by atoms with Gasteiger partial charge in [0.25, 0.3) is 0 Å². The Morgan fingerprint density at radius 1 is 1.00 bits per heavy atom. The highest BCUT2D eigenvalue weighted by atomic mass is 16.3. The number of likely N-dealkylation sites (tertiary alicyclic amines) is 1. The van der Waals surface area contributed by atoms with E-state index in [0.717, 1.165) is 51.9 Å². The van der Waals surface area contributed by atoms with E-state index in [-0.39, 0.29) is 6.04 Å². The number of piperidine rings is 1. The number of aliphatic hydroxyl groups is 1. The minimum Gasteiger partial charge on any atom is -0.389 e. The van der Waals surface area contributed by atoms with Gasteiger partial charge in [-0.05, 0) is 56.4 Å². The summed E-state index contributed by atoms with van der Waals surface area (Å²) in [6.45, 7) is 8.34. The summed E-state index contributed by atoms with van der Waals surface area (Å²) in [5.74, 6) is 0.319. The van der Waals surface area contributed by atoms with Crippen molar-refractivity contribution in [3.63, 3.8) is 0 Å². The van der Waals surface area contributed by atoms with E-state index in [2.05, 4.69) is 90.4 Å². The van der Waals surface area contributed by atoms with E-state index in [1.807, 2.05) is 0 Å². The first-order valence-electron chi connectivity index (χ1n) is 12.2. The van der Waals surface area contributed by atoms with Crippen molar-refractivity contribution in [2.24, 2.45) is 5.92 Å². The van der Waals surface area contributed by atoms with Gasteiger partial charge in [-0.2, -0.15) is 0 Å². The molecule has 0 aromatic heterocycles. The number of hydrogen-bond acceptors (Lipinski definition) is 3. The third-order valence-electron chi connectivity index (χ3n) is 7.48. The van der Waals surface area contributed by atoms with Gasteiger partial charge in [0.2, 0.25) is 0 Å². The Hall–Kier alpha value is -2.10. The van der Waals surface area contributed by atoms with Crippen molar-refractivity contribution in [3.05, 3.63) is 71.8 Å². The molecule has 1 heterocycles. The van der Waals surface area contributed by atoms with Crippen LogP contribution in [-0.4, -0.2) is 41.8 Å². The van der Waals surface area contributed by atoms with Crippen LogP contribution in [0.1, 0.15) is 63.1 Å². The summed E-state index contributed by atoms with van der Waals surface area (Å²) in [6, 6.07) is 20.0. The maximum Gasteiger partial charge on any atom is 0.0706 e. The summed E-state index contributed by atoms with van der Waals surface area (Å²) >= 11 is 0. The second-order valence-corrected chi connectivity index (χ2v) is 9.22. The molecule has 0 amide bonds. The average molecular weight is 419 g/mol. The summed E-state index contributed by atoms with van der Waals surface area (Å²) in [5.41, 5.74) is 3.39. The summed E-state index contributed by atoms with van der Waals surface area (Å²) < 4.78 is 0. The van der Waals surface area contributed by atoms with E-state index in [1.165, 1.54) is 23.2 Å². The molecule has 1 aliphatic carbocycles. The summed E-state index contributed by atoms with van der Waals surface area (Å²) in [4.78, 5) is 4.98. The van der Waals surface area contributed by atoms with Gasteiger partial charge in [-0.1, -0.05) is 67.5 Å². The molecule has 1 saturated heterocycles. The highest BCUT2D eigenvalue weighted by Crippen LogP contribution is 2.49. The third kappa shape index (κ3) is 4.88. The number of fused-ring (bicyclic) bond motifs is 1. The molecule has 0 spiro atoms. The van der Waals surface area contributed by atoms with E-state index in [4.69, 9.17) is 0 Å². The van der Waals surface area contributed by atoms with Gasteiger partial charge in [0, 0.05) is 43.8 Å². The molecular weight excluding hydrogens is 380 g/mol. The average Bonchev–Trinajstić information content (AvgIpc) is 2.81. The number of rotatable bonds is 7. The molecule has 2 aliphatic rings. The SMILES string of the molecule is CCN(CC)c1ccc([C@H]2[C@H]3CCCC[C@@]3(O)CCN2C/C=C/c2ccccc2)cc1. The predicted molar refractivity (Wildman–Crippen MR) is 131 cm³/mol. The number of hydrogen-bond donors (Lipinski definition) is 1. The Morgan fingerprint density at radius 2 is 1.74 bits per heavy atom. The van der Waals surface area contributed by atoms with Crippen molar-refractivity contribution in [2.75, 3.05) is 31.1 Å². The first-order valence-corrected chi connectivity index (χ1v) is 12.2. The van der Waals surface area contributed by atoms with Gasteiger partial charge in [-0.15, -0.1) is 0 Å². The maximum absolute atomic E-state index is 11.5. The van der Waals surface area contributed by atoms with E-state index >= 15 is 0 Å². The molecule has 2 aromatic carbocycles. The van der Waals surface area contributed by atoms with E-state index in [0.29, 0.717) is 5.92 Å². The topological polar surface area (TPSA) is 26.7 Å². The van der Waals surface area contributed by atoms with Crippen molar-refractivity contribution in [3.8, 4) is 0 Å². The zero-order chi connectivity index (χ0) is 21.7. The van der Waals surface area contributed by atoms with Gasteiger partial charge in [-0.3, -0.25) is 4.90 Å². The molecule has 1 aliphatic heterocycles. The lowest BCUT2D eigenvalue weighted by molar-refractivity contribution is -0.122. The number of anilines is 1. The lowest BCUT2D eigenvalue weighted by Gasteiger charge is -2.52. The van der Waals surface area contributed by atoms with Gasteiger partial charge in [0.05, 0.1) is 5.60 Å². The molecule has 1 saturated carbocycles. The molecule has 4 rings (SSSR count). The molecule has 0 unspecified atom stereocenters. The molecule has 3 nitrogen and oxygen atoms in total. The van der Waals surface area contributed by atoms with Crippen LogP contribution in [0.3, 0.4) is 0 Å². The van der Waals surface area contributed by atoms with Crippen molar-refractivity contribution < 1.29 is 5.11 Å². The summed E-state index contributed by atoms with van der Waals surface area (Å²) in [6.07, 6.45) is 9.88. The normalized spacial score (nSPS) is 26.7. The van der Waals surface area contributed by atoms with Crippen LogP contribution in [0.15, 0.2) is 60.7 Å². The molecule has 0 bridgehead atoms.